The van der Waals surface area contributed by atoms with Crippen LogP contribution in [0.25, 0.3) is 17.7 Å². The Morgan fingerprint density at radius 1 is 0.868 bits per heavy atom. The molecule has 12 heteroatoms. The maximum atomic E-state index is 13.5. The van der Waals surface area contributed by atoms with E-state index >= 15 is 0 Å². The molecule has 0 aliphatic heterocycles. The predicted molar refractivity (Wildman–Crippen MR) is 147 cm³/mol. The van der Waals surface area contributed by atoms with E-state index in [-0.39, 0.29) is 91.8 Å². The minimum atomic E-state index is -4.06. The summed E-state index contributed by atoms with van der Waals surface area (Å²) in [5.41, 5.74) is 0.744. The van der Waals surface area contributed by atoms with E-state index in [0.717, 1.165) is 5.56 Å². The number of hydrogen-bond donors (Lipinski definition) is 1. The van der Waals surface area contributed by atoms with Crippen LogP contribution in [-0.4, -0.2) is 94.0 Å². The number of methoxy groups -OCH3 is 2. The Morgan fingerprint density at radius 2 is 1.53 bits per heavy atom. The third-order valence-corrected chi connectivity index (χ3v) is 6.69. The third kappa shape index (κ3) is 7.15. The molecular formula is C26H26KN5O5S. The summed E-state index contributed by atoms with van der Waals surface area (Å²) in [5.74, 6) is 0.746. The predicted octanol–water partition coefficient (Wildman–Crippen LogP) is 4.29. The summed E-state index contributed by atoms with van der Waals surface area (Å²) in [5, 5.41) is 0. The van der Waals surface area contributed by atoms with E-state index in [9.17, 15) is 8.42 Å². The minimum absolute atomic E-state index is 0. The molecule has 0 saturated heterocycles. The van der Waals surface area contributed by atoms with Gasteiger partial charge in [-0.1, -0.05) is 49.4 Å². The molecule has 10 nitrogen and oxygen atoms in total. The Bertz CT molecular complexity index is 1500. The summed E-state index contributed by atoms with van der Waals surface area (Å²) in [6.07, 6.45) is 4.89. The van der Waals surface area contributed by atoms with Crippen molar-refractivity contribution in [3.63, 3.8) is 0 Å². The van der Waals surface area contributed by atoms with Crippen molar-refractivity contribution in [1.82, 2.24) is 19.9 Å². The molecule has 2 heterocycles. The van der Waals surface area contributed by atoms with Crippen molar-refractivity contribution in [3.8, 4) is 34.8 Å². The number of rotatable bonds is 10. The fourth-order valence-corrected chi connectivity index (χ4v) is 4.55. The topological polar surface area (TPSA) is 125 Å². The number of ether oxygens (including phenoxy) is 3. The van der Waals surface area contributed by atoms with E-state index in [2.05, 4.69) is 24.7 Å². The second-order valence-electron chi connectivity index (χ2n) is 7.54. The number of sulfonamides is 1. The monoisotopic (exact) mass is 559 g/mol. The van der Waals surface area contributed by atoms with Gasteiger partial charge in [-0.3, -0.25) is 4.72 Å². The molecule has 0 unspecified atom stereocenters. The van der Waals surface area contributed by atoms with Crippen LogP contribution in [-0.2, 0) is 10.0 Å². The molecule has 0 aliphatic rings. The van der Waals surface area contributed by atoms with Crippen molar-refractivity contribution in [2.75, 3.05) is 18.9 Å². The number of nitrogens with zero attached hydrogens (tertiary/aromatic N) is 4. The van der Waals surface area contributed by atoms with Crippen LogP contribution in [0.5, 0.6) is 23.1 Å². The van der Waals surface area contributed by atoms with Crippen LogP contribution in [0, 0.1) is 0 Å². The summed E-state index contributed by atoms with van der Waals surface area (Å²) < 4.78 is 46.5. The van der Waals surface area contributed by atoms with E-state index in [1.807, 2.05) is 30.3 Å². The van der Waals surface area contributed by atoms with Gasteiger partial charge in [0, 0.05) is 12.4 Å². The van der Waals surface area contributed by atoms with Crippen molar-refractivity contribution < 1.29 is 22.6 Å². The van der Waals surface area contributed by atoms with Crippen LogP contribution < -0.4 is 18.9 Å². The zero-order valence-electron chi connectivity index (χ0n) is 20.5. The first-order valence-electron chi connectivity index (χ1n) is 11.3. The second-order valence-corrected chi connectivity index (χ2v) is 9.28. The van der Waals surface area contributed by atoms with Gasteiger partial charge in [0.15, 0.2) is 23.1 Å². The van der Waals surface area contributed by atoms with Crippen LogP contribution >= 0.6 is 0 Å². The number of anilines is 1. The zero-order valence-corrected chi connectivity index (χ0v) is 21.3. The van der Waals surface area contributed by atoms with E-state index in [1.165, 1.54) is 26.6 Å². The molecule has 1 N–H and O–H groups in total. The average Bonchev–Trinajstić information content (AvgIpc) is 2.93. The van der Waals surface area contributed by atoms with E-state index in [0.29, 0.717) is 11.5 Å². The molecule has 0 amide bonds. The molecule has 0 aliphatic carbocycles. The number of hydrogen-bond acceptors (Lipinski definition) is 9. The van der Waals surface area contributed by atoms with E-state index in [1.54, 1.807) is 43.3 Å². The summed E-state index contributed by atoms with van der Waals surface area (Å²) in [6.45, 7) is 1.75. The van der Waals surface area contributed by atoms with Crippen molar-refractivity contribution in [1.29, 1.82) is 0 Å². The first kappa shape index (κ1) is 29.7. The zero-order chi connectivity index (χ0) is 26.3. The fraction of sp³-hybridized carbons (Fsp3) is 0.154. The molecule has 4 aromatic rings. The van der Waals surface area contributed by atoms with Gasteiger partial charge in [0.1, 0.15) is 0 Å². The molecule has 4 rings (SSSR count). The standard InChI is InChI=1S/C26H25N5O5S.K.H/c1-4-19(17-18-11-6-5-7-12-18)37(32,33)31-23-22(36-21-14-9-8-13-20(21)34-2)26(35-3)30-25(29-23)24-27-15-10-16-28-24;;/h5-17H,4H2,1-3H3,(H,29,30,31);;. The Balaban J connectivity index is 0.00000400. The second kappa shape index (κ2) is 13.8. The molecule has 2 aromatic carbocycles. The Kier molecular flexibility index (Phi) is 10.8. The molecule has 0 radical (unpaired) electrons. The molecular weight excluding hydrogens is 533 g/mol. The van der Waals surface area contributed by atoms with Gasteiger partial charge >= 0.3 is 51.4 Å². The van der Waals surface area contributed by atoms with Gasteiger partial charge in [-0.25, -0.2) is 23.4 Å². The number of aromatic nitrogens is 4. The van der Waals surface area contributed by atoms with Gasteiger partial charge < -0.3 is 14.2 Å². The van der Waals surface area contributed by atoms with Crippen molar-refractivity contribution in [2.45, 2.75) is 13.3 Å². The molecule has 0 fully saturated rings. The van der Waals surface area contributed by atoms with Gasteiger partial charge in [0.2, 0.25) is 11.6 Å². The molecule has 192 valence electrons. The maximum absolute atomic E-state index is 13.5. The molecule has 0 bridgehead atoms. The van der Waals surface area contributed by atoms with Gasteiger partial charge in [-0.05, 0) is 36.3 Å². The average molecular weight is 560 g/mol. The number of allylic oxidation sites excluding steroid dienone is 1. The van der Waals surface area contributed by atoms with Crippen molar-refractivity contribution >= 4 is 73.3 Å². The fourth-order valence-electron chi connectivity index (χ4n) is 3.35. The molecule has 2 aromatic heterocycles. The third-order valence-electron chi connectivity index (χ3n) is 5.13. The molecule has 0 saturated carbocycles. The van der Waals surface area contributed by atoms with Crippen LogP contribution in [0.3, 0.4) is 0 Å². The number of benzene rings is 2. The number of para-hydroxylation sites is 2. The normalized spacial score (nSPS) is 11.3. The summed E-state index contributed by atoms with van der Waals surface area (Å²) in [7, 11) is -1.18. The van der Waals surface area contributed by atoms with Crippen LogP contribution in [0.2, 0.25) is 0 Å². The Morgan fingerprint density at radius 3 is 2.16 bits per heavy atom. The van der Waals surface area contributed by atoms with Crippen molar-refractivity contribution in [2.24, 2.45) is 0 Å². The van der Waals surface area contributed by atoms with Gasteiger partial charge in [0.05, 0.1) is 19.1 Å². The SMILES string of the molecule is CCC(=Cc1ccccc1)S(=O)(=O)Nc1nc(-c2ncccn2)nc(OC)c1Oc1ccccc1OC.[KH]. The van der Waals surface area contributed by atoms with Gasteiger partial charge in [-0.15, -0.1) is 0 Å². The van der Waals surface area contributed by atoms with Crippen LogP contribution in [0.15, 0.2) is 78.0 Å². The Labute approximate surface area is 264 Å². The van der Waals surface area contributed by atoms with Gasteiger partial charge in [0.25, 0.3) is 15.9 Å². The van der Waals surface area contributed by atoms with E-state index in [4.69, 9.17) is 14.2 Å². The van der Waals surface area contributed by atoms with Crippen molar-refractivity contribution in [3.05, 3.63) is 83.5 Å². The number of nitrogens with one attached hydrogen (secondary N) is 1. The molecule has 0 spiro atoms. The first-order chi connectivity index (χ1) is 17.9. The molecule has 38 heavy (non-hydrogen) atoms. The molecule has 0 atom stereocenters. The van der Waals surface area contributed by atoms with Gasteiger partial charge in [-0.2, -0.15) is 4.98 Å². The summed E-state index contributed by atoms with van der Waals surface area (Å²) >= 11 is 0. The Hall–Kier alpha value is -2.87. The first-order valence-corrected chi connectivity index (χ1v) is 12.8. The van der Waals surface area contributed by atoms with Crippen LogP contribution in [0.1, 0.15) is 18.9 Å². The summed E-state index contributed by atoms with van der Waals surface area (Å²) in [4.78, 5) is 17.3. The quantitative estimate of drug-likeness (QED) is 0.283. The summed E-state index contributed by atoms with van der Waals surface area (Å²) in [6, 6.07) is 17.7. The van der Waals surface area contributed by atoms with Crippen LogP contribution in [0.4, 0.5) is 5.82 Å². The van der Waals surface area contributed by atoms with E-state index < -0.39 is 10.0 Å².